The second-order valence-electron chi connectivity index (χ2n) is 6.71. The molecule has 4 atom stereocenters. The summed E-state index contributed by atoms with van der Waals surface area (Å²) in [6.45, 7) is 4.92. The van der Waals surface area contributed by atoms with Crippen LogP contribution in [0.15, 0.2) is 11.1 Å². The third-order valence-corrected chi connectivity index (χ3v) is 4.30. The van der Waals surface area contributed by atoms with E-state index in [0.717, 1.165) is 0 Å². The Balaban J connectivity index is 1.72. The van der Waals surface area contributed by atoms with Crippen molar-refractivity contribution in [1.29, 1.82) is 0 Å². The Labute approximate surface area is 147 Å². The molecule has 4 rings (SSSR count). The van der Waals surface area contributed by atoms with Crippen molar-refractivity contribution in [2.45, 2.75) is 51.1 Å². The van der Waals surface area contributed by atoms with Crippen LogP contribution in [0.5, 0.6) is 0 Å². The normalized spacial score (nSPS) is 29.8. The van der Waals surface area contributed by atoms with E-state index in [2.05, 4.69) is 15.0 Å². The van der Waals surface area contributed by atoms with Crippen molar-refractivity contribution in [2.75, 3.05) is 12.3 Å². The summed E-state index contributed by atoms with van der Waals surface area (Å²) in [5.41, 5.74) is 5.62. The van der Waals surface area contributed by atoms with E-state index in [0.29, 0.717) is 0 Å². The van der Waals surface area contributed by atoms with Crippen LogP contribution in [0.3, 0.4) is 0 Å². The number of anilines is 1. The molecule has 0 bridgehead atoms. The van der Waals surface area contributed by atoms with Gasteiger partial charge in [0.1, 0.15) is 24.9 Å². The van der Waals surface area contributed by atoms with Crippen molar-refractivity contribution < 1.29 is 23.7 Å². The van der Waals surface area contributed by atoms with Crippen LogP contribution in [0.1, 0.15) is 27.0 Å². The molecule has 2 aromatic rings. The third kappa shape index (κ3) is 2.73. The van der Waals surface area contributed by atoms with Crippen molar-refractivity contribution >= 4 is 23.1 Å². The molecule has 0 aliphatic carbocycles. The Morgan fingerprint density at radius 2 is 2.15 bits per heavy atom. The first-order chi connectivity index (χ1) is 12.2. The van der Waals surface area contributed by atoms with Crippen molar-refractivity contribution in [1.82, 2.24) is 19.5 Å². The number of nitrogen functional groups attached to an aromatic ring is 1. The number of carbonyl (C=O) groups is 1. The second-order valence-corrected chi connectivity index (χ2v) is 6.71. The molecule has 3 N–H and O–H groups in total. The number of aromatic nitrogens is 4. The molecule has 0 spiro atoms. The smallest absolute Gasteiger partial charge is 0.302 e. The lowest BCUT2D eigenvalue weighted by Gasteiger charge is -2.24. The van der Waals surface area contributed by atoms with E-state index in [1.165, 1.54) is 13.3 Å². The number of nitrogens with two attached hydrogens (primary N) is 1. The quantitative estimate of drug-likeness (QED) is 0.699. The summed E-state index contributed by atoms with van der Waals surface area (Å²) in [6, 6.07) is 0. The van der Waals surface area contributed by atoms with Crippen LogP contribution in [0, 0.1) is 0 Å². The first-order valence-corrected chi connectivity index (χ1v) is 8.12. The summed E-state index contributed by atoms with van der Waals surface area (Å²) in [6.07, 6.45) is -0.707. The minimum Gasteiger partial charge on any atom is -0.463 e. The van der Waals surface area contributed by atoms with Crippen molar-refractivity contribution in [3.05, 3.63) is 16.7 Å². The van der Waals surface area contributed by atoms with Crippen LogP contribution in [-0.2, 0) is 23.7 Å². The molecule has 0 unspecified atom stereocenters. The van der Waals surface area contributed by atoms with Gasteiger partial charge in [0.25, 0.3) is 5.56 Å². The van der Waals surface area contributed by atoms with E-state index in [1.807, 2.05) is 0 Å². The highest BCUT2D eigenvalue weighted by Gasteiger charge is 2.56. The number of hydrogen-bond acceptors (Lipinski definition) is 9. The number of nitrogens with zero attached hydrogens (tertiary/aromatic N) is 3. The molecule has 4 heterocycles. The summed E-state index contributed by atoms with van der Waals surface area (Å²) >= 11 is 0. The summed E-state index contributed by atoms with van der Waals surface area (Å²) in [4.78, 5) is 33.8. The summed E-state index contributed by atoms with van der Waals surface area (Å²) in [5, 5.41) is 0. The SMILES string of the molecule is CC(=O)OC[C@H]1O[C@@H](n2cnc3c(=O)[nH]c(N)nc32)[C@@H]2OC(C)(C)O[C@@H]21. The maximum atomic E-state index is 12.0. The summed E-state index contributed by atoms with van der Waals surface area (Å²) in [7, 11) is 0. The predicted octanol–water partition coefficient (Wildman–Crippen LogP) is -0.318. The molecule has 2 fully saturated rings. The predicted molar refractivity (Wildman–Crippen MR) is 86.9 cm³/mol. The van der Waals surface area contributed by atoms with E-state index in [-0.39, 0.29) is 23.7 Å². The highest BCUT2D eigenvalue weighted by Crippen LogP contribution is 2.43. The van der Waals surface area contributed by atoms with Crippen LogP contribution in [0.4, 0.5) is 5.95 Å². The monoisotopic (exact) mass is 365 g/mol. The number of hydrogen-bond donors (Lipinski definition) is 2. The van der Waals surface area contributed by atoms with Crippen molar-refractivity contribution in [3.8, 4) is 0 Å². The molecule has 11 nitrogen and oxygen atoms in total. The molecule has 11 heteroatoms. The van der Waals surface area contributed by atoms with Gasteiger partial charge in [-0.1, -0.05) is 0 Å². The van der Waals surface area contributed by atoms with E-state index in [9.17, 15) is 9.59 Å². The lowest BCUT2D eigenvalue weighted by molar-refractivity contribution is -0.201. The molecular weight excluding hydrogens is 346 g/mol. The Hall–Kier alpha value is -2.50. The highest BCUT2D eigenvalue weighted by molar-refractivity contribution is 5.70. The maximum Gasteiger partial charge on any atom is 0.302 e. The number of aromatic amines is 1. The Morgan fingerprint density at radius 1 is 1.42 bits per heavy atom. The number of fused-ring (bicyclic) bond motifs is 2. The van der Waals surface area contributed by atoms with Crippen molar-refractivity contribution in [3.63, 3.8) is 0 Å². The van der Waals surface area contributed by atoms with Crippen molar-refractivity contribution in [2.24, 2.45) is 0 Å². The minimum atomic E-state index is -0.827. The van der Waals surface area contributed by atoms with Crippen LogP contribution in [0.2, 0.25) is 0 Å². The largest absolute Gasteiger partial charge is 0.463 e. The number of carbonyl (C=O) groups excluding carboxylic acids is 1. The zero-order chi connectivity index (χ0) is 18.6. The fraction of sp³-hybridized carbons (Fsp3) is 0.600. The van der Waals surface area contributed by atoms with E-state index >= 15 is 0 Å². The zero-order valence-electron chi connectivity index (χ0n) is 14.5. The molecule has 2 saturated heterocycles. The first-order valence-electron chi connectivity index (χ1n) is 8.12. The van der Waals surface area contributed by atoms with E-state index < -0.39 is 41.9 Å². The molecule has 2 aromatic heterocycles. The van der Waals surface area contributed by atoms with Gasteiger partial charge >= 0.3 is 5.97 Å². The number of rotatable bonds is 3. The molecule has 0 amide bonds. The Kier molecular flexibility index (Phi) is 3.75. The zero-order valence-corrected chi connectivity index (χ0v) is 14.5. The van der Waals surface area contributed by atoms with Crippen LogP contribution < -0.4 is 11.3 Å². The Morgan fingerprint density at radius 3 is 2.88 bits per heavy atom. The maximum absolute atomic E-state index is 12.0. The summed E-state index contributed by atoms with van der Waals surface area (Å²) < 4.78 is 24.6. The van der Waals surface area contributed by atoms with Crippen LogP contribution in [-0.4, -0.2) is 56.2 Å². The van der Waals surface area contributed by atoms with E-state index in [1.54, 1.807) is 18.4 Å². The van der Waals surface area contributed by atoms with Crippen LogP contribution in [0.25, 0.3) is 11.2 Å². The average molecular weight is 365 g/mol. The van der Waals surface area contributed by atoms with Gasteiger partial charge in [0, 0.05) is 6.92 Å². The van der Waals surface area contributed by atoms with Crippen LogP contribution >= 0.6 is 0 Å². The van der Waals surface area contributed by atoms with Gasteiger partial charge in [0.2, 0.25) is 5.95 Å². The third-order valence-electron chi connectivity index (χ3n) is 4.30. The van der Waals surface area contributed by atoms with Gasteiger partial charge in [-0.05, 0) is 13.8 Å². The number of H-pyrrole nitrogens is 1. The number of esters is 1. The molecule has 140 valence electrons. The van der Waals surface area contributed by atoms with Gasteiger partial charge in [0.05, 0.1) is 6.33 Å². The van der Waals surface area contributed by atoms with Gasteiger partial charge in [-0.15, -0.1) is 0 Å². The molecule has 26 heavy (non-hydrogen) atoms. The fourth-order valence-corrected chi connectivity index (χ4v) is 3.35. The molecule has 0 radical (unpaired) electrons. The standard InChI is InChI=1S/C15H19N5O6/c1-6(21)23-4-7-9-10(26-15(2,3)25-9)13(24-7)20-5-17-8-11(20)18-14(16)19-12(8)22/h5,7,9-10,13H,4H2,1-3H3,(H3,16,18,19,22)/t7-,9-,10-,13-/m1/s1. The number of nitrogens with one attached hydrogen (secondary N) is 1. The van der Waals surface area contributed by atoms with Gasteiger partial charge in [-0.2, -0.15) is 4.98 Å². The average Bonchev–Trinajstić information content (AvgIpc) is 3.16. The van der Waals surface area contributed by atoms with Gasteiger partial charge < -0.3 is 24.7 Å². The van der Waals surface area contributed by atoms with E-state index in [4.69, 9.17) is 24.7 Å². The molecular formula is C15H19N5O6. The van der Waals surface area contributed by atoms with Gasteiger partial charge in [0.15, 0.2) is 23.2 Å². The number of ether oxygens (including phenoxy) is 4. The Bertz CT molecular complexity index is 921. The summed E-state index contributed by atoms with van der Waals surface area (Å²) in [5.74, 6) is -1.27. The second kappa shape index (κ2) is 5.76. The molecule has 0 aromatic carbocycles. The lowest BCUT2D eigenvalue weighted by Crippen LogP contribution is -2.33. The van der Waals surface area contributed by atoms with Gasteiger partial charge in [-0.25, -0.2) is 4.98 Å². The number of imidazole rings is 1. The first kappa shape index (κ1) is 16.9. The molecule has 0 saturated carbocycles. The topological polar surface area (TPSA) is 144 Å². The molecule has 2 aliphatic rings. The lowest BCUT2D eigenvalue weighted by atomic mass is 10.1. The fourth-order valence-electron chi connectivity index (χ4n) is 3.35. The highest BCUT2D eigenvalue weighted by atomic mass is 16.8. The molecule has 2 aliphatic heterocycles. The minimum absolute atomic E-state index is 0.0230. The van der Waals surface area contributed by atoms with Gasteiger partial charge in [-0.3, -0.25) is 19.1 Å².